The molecule has 0 aromatic heterocycles. The molecule has 0 aliphatic carbocycles. The predicted octanol–water partition coefficient (Wildman–Crippen LogP) is 2.65. The van der Waals surface area contributed by atoms with Crippen LogP contribution in [-0.2, 0) is 0 Å². The van der Waals surface area contributed by atoms with E-state index in [9.17, 15) is 14.7 Å². The van der Waals surface area contributed by atoms with Crippen molar-refractivity contribution in [2.24, 2.45) is 0 Å². The minimum Gasteiger partial charge on any atom is -0.390 e. The van der Waals surface area contributed by atoms with Crippen molar-refractivity contribution in [1.82, 2.24) is 15.1 Å². The van der Waals surface area contributed by atoms with Crippen molar-refractivity contribution in [2.45, 2.75) is 18.2 Å². The van der Waals surface area contributed by atoms with Gasteiger partial charge in [0.15, 0.2) is 0 Å². The first-order chi connectivity index (χ1) is 16.1. The van der Waals surface area contributed by atoms with Crippen LogP contribution >= 0.6 is 0 Å². The van der Waals surface area contributed by atoms with E-state index >= 15 is 0 Å². The van der Waals surface area contributed by atoms with Crippen molar-refractivity contribution in [3.63, 3.8) is 0 Å². The highest BCUT2D eigenvalue weighted by atomic mass is 16.3. The van der Waals surface area contributed by atoms with Crippen LogP contribution in [0.1, 0.15) is 20.7 Å². The maximum absolute atomic E-state index is 12.8. The molecule has 0 spiro atoms. The van der Waals surface area contributed by atoms with Crippen molar-refractivity contribution in [2.75, 3.05) is 26.2 Å². The summed E-state index contributed by atoms with van der Waals surface area (Å²) >= 11 is 0. The largest absolute Gasteiger partial charge is 0.390 e. The van der Waals surface area contributed by atoms with Gasteiger partial charge in [0.05, 0.1) is 12.1 Å². The topological polar surface area (TPSA) is 72.9 Å². The second kappa shape index (κ2) is 9.17. The molecular formula is C27H27N3O3. The number of nitrogens with one attached hydrogen (secondary N) is 1. The van der Waals surface area contributed by atoms with E-state index in [0.717, 1.165) is 11.1 Å². The van der Waals surface area contributed by atoms with Gasteiger partial charge in [-0.1, -0.05) is 60.7 Å². The third-order valence-corrected chi connectivity index (χ3v) is 6.45. The van der Waals surface area contributed by atoms with E-state index in [2.05, 4.69) is 17.4 Å². The summed E-state index contributed by atoms with van der Waals surface area (Å²) in [6.07, 6.45) is -0.618. The molecule has 0 saturated carbocycles. The molecule has 33 heavy (non-hydrogen) atoms. The highest BCUT2D eigenvalue weighted by Crippen LogP contribution is 2.22. The van der Waals surface area contributed by atoms with Crippen LogP contribution in [0.25, 0.3) is 11.1 Å². The molecule has 0 bridgehead atoms. The van der Waals surface area contributed by atoms with E-state index in [4.69, 9.17) is 0 Å². The van der Waals surface area contributed by atoms with E-state index in [-0.39, 0.29) is 23.9 Å². The average molecular weight is 442 g/mol. The smallest absolute Gasteiger partial charge is 0.253 e. The minimum atomic E-state index is -0.618. The van der Waals surface area contributed by atoms with Gasteiger partial charge in [0, 0.05) is 43.3 Å². The average Bonchev–Trinajstić information content (AvgIpc) is 3.21. The maximum Gasteiger partial charge on any atom is 0.253 e. The number of carbonyl (C=O) groups excluding carboxylic acids is 2. The molecule has 6 heteroatoms. The van der Waals surface area contributed by atoms with Gasteiger partial charge in [-0.05, 0) is 35.4 Å². The Morgan fingerprint density at radius 3 is 1.82 bits per heavy atom. The number of amides is 2. The fraction of sp³-hybridized carbons (Fsp3) is 0.259. The van der Waals surface area contributed by atoms with Crippen molar-refractivity contribution in [1.29, 1.82) is 0 Å². The summed E-state index contributed by atoms with van der Waals surface area (Å²) in [6, 6.07) is 26.8. The SMILES string of the molecule is O=C(c1ccc(-c2ccccc2)cc1)N1CC(NC2CN(C(=O)c3ccccc3)CC2O)C1. The van der Waals surface area contributed by atoms with Gasteiger partial charge in [-0.3, -0.25) is 9.59 Å². The Hall–Kier alpha value is -3.48. The number of carbonyl (C=O) groups is 2. The Morgan fingerprint density at radius 2 is 1.18 bits per heavy atom. The van der Waals surface area contributed by atoms with Gasteiger partial charge < -0.3 is 20.2 Å². The Kier molecular flexibility index (Phi) is 5.94. The summed E-state index contributed by atoms with van der Waals surface area (Å²) in [4.78, 5) is 29.0. The van der Waals surface area contributed by atoms with E-state index in [1.165, 1.54) is 0 Å². The maximum atomic E-state index is 12.8. The molecule has 168 valence electrons. The number of benzene rings is 3. The molecule has 3 aromatic rings. The monoisotopic (exact) mass is 441 g/mol. The summed E-state index contributed by atoms with van der Waals surface area (Å²) < 4.78 is 0. The van der Waals surface area contributed by atoms with Gasteiger partial charge in [-0.25, -0.2) is 0 Å². The van der Waals surface area contributed by atoms with E-state index in [0.29, 0.717) is 37.3 Å². The van der Waals surface area contributed by atoms with Crippen molar-refractivity contribution < 1.29 is 14.7 Å². The zero-order chi connectivity index (χ0) is 22.8. The Bertz CT molecular complexity index is 1110. The van der Waals surface area contributed by atoms with Crippen molar-refractivity contribution in [3.8, 4) is 11.1 Å². The van der Waals surface area contributed by atoms with Crippen LogP contribution in [0.15, 0.2) is 84.9 Å². The van der Waals surface area contributed by atoms with E-state index in [1.54, 1.807) is 17.0 Å². The lowest BCUT2D eigenvalue weighted by molar-refractivity contribution is 0.0521. The van der Waals surface area contributed by atoms with Gasteiger partial charge in [-0.15, -0.1) is 0 Å². The lowest BCUT2D eigenvalue weighted by Gasteiger charge is -2.41. The molecule has 5 rings (SSSR count). The Labute approximate surface area is 193 Å². The Balaban J connectivity index is 1.13. The summed E-state index contributed by atoms with van der Waals surface area (Å²) in [5.74, 6) is -0.0520. The molecule has 2 fully saturated rings. The number of rotatable bonds is 5. The van der Waals surface area contributed by atoms with E-state index in [1.807, 2.05) is 65.6 Å². The van der Waals surface area contributed by atoms with Crippen molar-refractivity contribution in [3.05, 3.63) is 96.1 Å². The highest BCUT2D eigenvalue weighted by Gasteiger charge is 2.39. The number of hydrogen-bond acceptors (Lipinski definition) is 4. The fourth-order valence-electron chi connectivity index (χ4n) is 4.55. The first kappa shape index (κ1) is 21.4. The highest BCUT2D eigenvalue weighted by molar-refractivity contribution is 5.95. The zero-order valence-electron chi connectivity index (χ0n) is 18.3. The molecule has 2 atom stereocenters. The van der Waals surface area contributed by atoms with Crippen LogP contribution in [0.4, 0.5) is 0 Å². The van der Waals surface area contributed by atoms with Gasteiger partial charge in [0.2, 0.25) is 0 Å². The molecule has 2 N–H and O–H groups in total. The molecular weight excluding hydrogens is 414 g/mol. The molecule has 2 saturated heterocycles. The zero-order valence-corrected chi connectivity index (χ0v) is 18.3. The van der Waals surface area contributed by atoms with Gasteiger partial charge in [0.25, 0.3) is 11.8 Å². The minimum absolute atomic E-state index is 0.0144. The van der Waals surface area contributed by atoms with E-state index < -0.39 is 6.10 Å². The second-order valence-electron chi connectivity index (χ2n) is 8.77. The molecule has 0 radical (unpaired) electrons. The predicted molar refractivity (Wildman–Crippen MR) is 127 cm³/mol. The lowest BCUT2D eigenvalue weighted by Crippen LogP contribution is -2.63. The number of aliphatic hydroxyl groups is 1. The summed E-state index contributed by atoms with van der Waals surface area (Å²) in [5, 5.41) is 13.9. The number of likely N-dealkylation sites (tertiary alicyclic amines) is 2. The molecule has 2 heterocycles. The quantitative estimate of drug-likeness (QED) is 0.639. The van der Waals surface area contributed by atoms with Crippen LogP contribution in [0.3, 0.4) is 0 Å². The molecule has 3 aromatic carbocycles. The molecule has 2 amide bonds. The lowest BCUT2D eigenvalue weighted by atomic mass is 10.0. The second-order valence-corrected chi connectivity index (χ2v) is 8.77. The van der Waals surface area contributed by atoms with Crippen LogP contribution < -0.4 is 5.32 Å². The van der Waals surface area contributed by atoms with Crippen molar-refractivity contribution >= 4 is 11.8 Å². The normalized spacial score (nSPS) is 20.5. The number of nitrogens with zero attached hydrogens (tertiary/aromatic N) is 2. The number of β-amino-alcohol motifs (C(OH)–C–C–N with tert-alkyl or cyclic N) is 1. The number of aliphatic hydroxyl groups excluding tert-OH is 1. The molecule has 2 aliphatic heterocycles. The van der Waals surface area contributed by atoms with Crippen LogP contribution in [-0.4, -0.2) is 71.1 Å². The van der Waals surface area contributed by atoms with Gasteiger partial charge in [-0.2, -0.15) is 0 Å². The Morgan fingerprint density at radius 1 is 0.667 bits per heavy atom. The first-order valence-electron chi connectivity index (χ1n) is 11.3. The van der Waals surface area contributed by atoms with Crippen LogP contribution in [0.5, 0.6) is 0 Å². The fourth-order valence-corrected chi connectivity index (χ4v) is 4.55. The number of hydrogen-bond donors (Lipinski definition) is 2. The summed E-state index contributed by atoms with van der Waals surface area (Å²) in [6.45, 7) is 1.96. The summed E-state index contributed by atoms with van der Waals surface area (Å²) in [5.41, 5.74) is 3.51. The van der Waals surface area contributed by atoms with Crippen LogP contribution in [0, 0.1) is 0 Å². The third-order valence-electron chi connectivity index (χ3n) is 6.45. The third kappa shape index (κ3) is 4.53. The molecule has 2 unspecified atom stereocenters. The first-order valence-corrected chi connectivity index (χ1v) is 11.3. The van der Waals surface area contributed by atoms with Crippen LogP contribution in [0.2, 0.25) is 0 Å². The summed E-state index contributed by atoms with van der Waals surface area (Å²) in [7, 11) is 0. The standard InChI is InChI=1S/C27H27N3O3/c31-25-18-30(26(32)21-9-5-2-6-10-21)17-24(25)28-23-15-29(16-23)27(33)22-13-11-20(12-14-22)19-7-3-1-4-8-19/h1-14,23-25,28,31H,15-18H2. The van der Waals surface area contributed by atoms with Gasteiger partial charge >= 0.3 is 0 Å². The van der Waals surface area contributed by atoms with Gasteiger partial charge in [0.1, 0.15) is 0 Å². The molecule has 6 nitrogen and oxygen atoms in total. The molecule has 2 aliphatic rings.